The van der Waals surface area contributed by atoms with Gasteiger partial charge in [-0.05, 0) is 70.1 Å². The van der Waals surface area contributed by atoms with E-state index in [0.717, 1.165) is 29.3 Å². The maximum absolute atomic E-state index is 6.22. The third-order valence-corrected chi connectivity index (χ3v) is 7.01. The quantitative estimate of drug-likeness (QED) is 0.831. The first-order valence-corrected chi connectivity index (χ1v) is 9.45. The Morgan fingerprint density at radius 1 is 1.17 bits per heavy atom. The van der Waals surface area contributed by atoms with E-state index in [2.05, 4.69) is 15.3 Å². The van der Waals surface area contributed by atoms with Crippen molar-refractivity contribution in [3.05, 3.63) is 28.7 Å². The van der Waals surface area contributed by atoms with Gasteiger partial charge in [0.05, 0.1) is 16.9 Å². The van der Waals surface area contributed by atoms with Gasteiger partial charge in [-0.3, -0.25) is 4.68 Å². The first kappa shape index (κ1) is 14.9. The molecule has 0 aliphatic heterocycles. The number of hydrogen-bond donors (Lipinski definition) is 0. The summed E-state index contributed by atoms with van der Waals surface area (Å²) in [6.07, 6.45) is 9.64. The summed E-state index contributed by atoms with van der Waals surface area (Å²) < 4.78 is 8.08. The van der Waals surface area contributed by atoms with E-state index >= 15 is 0 Å². The second-order valence-corrected chi connectivity index (χ2v) is 8.75. The van der Waals surface area contributed by atoms with Crippen molar-refractivity contribution in [2.75, 3.05) is 0 Å². The van der Waals surface area contributed by atoms with Crippen molar-refractivity contribution in [1.82, 2.24) is 20.0 Å². The third-order valence-electron chi connectivity index (χ3n) is 6.64. The monoisotopic (exact) mass is 346 g/mol. The molecular weight excluding hydrogens is 324 g/mol. The van der Waals surface area contributed by atoms with Gasteiger partial charge in [-0.2, -0.15) is 5.10 Å². The molecule has 128 valence electrons. The highest BCUT2D eigenvalue weighted by Crippen LogP contribution is 2.60. The molecule has 0 saturated heterocycles. The van der Waals surface area contributed by atoms with Crippen LogP contribution in [0.2, 0.25) is 5.02 Å². The zero-order valence-electron chi connectivity index (χ0n) is 14.2. The van der Waals surface area contributed by atoms with Crippen LogP contribution in [-0.4, -0.2) is 20.0 Å². The Morgan fingerprint density at radius 3 is 2.33 bits per heavy atom. The molecule has 2 heterocycles. The van der Waals surface area contributed by atoms with Crippen LogP contribution in [0.4, 0.5) is 0 Å². The molecule has 6 rings (SSSR count). The third kappa shape index (κ3) is 2.10. The number of halogens is 1. The predicted octanol–water partition coefficient (Wildman–Crippen LogP) is 4.31. The average molecular weight is 347 g/mol. The lowest BCUT2D eigenvalue weighted by molar-refractivity contribution is -0.0184. The molecule has 1 atom stereocenters. The van der Waals surface area contributed by atoms with Crippen LogP contribution in [0, 0.1) is 24.7 Å². The van der Waals surface area contributed by atoms with Gasteiger partial charge >= 0.3 is 0 Å². The average Bonchev–Trinajstić information content (AvgIpc) is 3.14. The van der Waals surface area contributed by atoms with Crippen molar-refractivity contribution in [3.8, 4) is 0 Å². The van der Waals surface area contributed by atoms with Crippen molar-refractivity contribution in [2.24, 2.45) is 17.8 Å². The Kier molecular flexibility index (Phi) is 3.16. The summed E-state index contributed by atoms with van der Waals surface area (Å²) in [6.45, 7) is 4.00. The van der Waals surface area contributed by atoms with Crippen LogP contribution in [0.3, 0.4) is 0 Å². The smallest absolute Gasteiger partial charge is 0.240 e. The van der Waals surface area contributed by atoms with E-state index in [1.54, 1.807) is 6.20 Å². The summed E-state index contributed by atoms with van der Waals surface area (Å²) in [5.74, 6) is 4.13. The van der Waals surface area contributed by atoms with E-state index in [1.165, 1.54) is 38.5 Å². The molecule has 0 unspecified atom stereocenters. The van der Waals surface area contributed by atoms with Crippen LogP contribution in [0.5, 0.6) is 0 Å². The molecule has 0 radical (unpaired) electrons. The first-order chi connectivity index (χ1) is 11.5. The summed E-state index contributed by atoms with van der Waals surface area (Å²) in [5, 5.41) is 13.9. The van der Waals surface area contributed by atoms with E-state index in [-0.39, 0.29) is 11.5 Å². The van der Waals surface area contributed by atoms with Crippen LogP contribution >= 0.6 is 11.6 Å². The standard InChI is InChI=1S/C18H23ClN4O/c1-10-15(19)9-20-23(10)11(2)16-21-22-17(24-16)18-6-12-3-13(7-18)5-14(4-12)8-18/h9,11-14H,3-8H2,1-2H3/t11-,12?,13?,14?,18?/m1/s1. The van der Waals surface area contributed by atoms with Crippen molar-refractivity contribution >= 4 is 11.6 Å². The van der Waals surface area contributed by atoms with Gasteiger partial charge in [0.1, 0.15) is 6.04 Å². The molecule has 6 heteroatoms. The van der Waals surface area contributed by atoms with Gasteiger partial charge in [-0.25, -0.2) is 0 Å². The fourth-order valence-corrected chi connectivity index (χ4v) is 6.02. The fourth-order valence-electron chi connectivity index (χ4n) is 5.89. The topological polar surface area (TPSA) is 56.7 Å². The van der Waals surface area contributed by atoms with E-state index in [0.29, 0.717) is 10.9 Å². The Labute approximate surface area is 146 Å². The fraction of sp³-hybridized carbons (Fsp3) is 0.722. The Hall–Kier alpha value is -1.36. The minimum atomic E-state index is -0.0901. The van der Waals surface area contributed by atoms with Crippen molar-refractivity contribution in [3.63, 3.8) is 0 Å². The number of nitrogens with zero attached hydrogens (tertiary/aromatic N) is 4. The molecule has 0 spiro atoms. The SMILES string of the molecule is Cc1c(Cl)cnn1[C@H](C)c1nnc(C23CC4CC(CC(C4)C2)C3)o1. The Balaban J connectivity index is 1.46. The van der Waals surface area contributed by atoms with Crippen molar-refractivity contribution < 1.29 is 4.42 Å². The minimum absolute atomic E-state index is 0.0901. The molecule has 4 aliphatic carbocycles. The molecule has 4 aliphatic rings. The number of aromatic nitrogens is 4. The molecule has 0 amide bonds. The van der Waals surface area contributed by atoms with Crippen molar-refractivity contribution in [1.29, 1.82) is 0 Å². The molecule has 4 bridgehead atoms. The van der Waals surface area contributed by atoms with Gasteiger partial charge < -0.3 is 4.42 Å². The lowest BCUT2D eigenvalue weighted by Gasteiger charge is -2.55. The van der Waals surface area contributed by atoms with Crippen LogP contribution in [-0.2, 0) is 5.41 Å². The van der Waals surface area contributed by atoms with Crippen LogP contribution in [0.1, 0.15) is 69.0 Å². The van der Waals surface area contributed by atoms with E-state index in [9.17, 15) is 0 Å². The highest BCUT2D eigenvalue weighted by molar-refractivity contribution is 6.31. The highest BCUT2D eigenvalue weighted by Gasteiger charge is 2.54. The van der Waals surface area contributed by atoms with Crippen molar-refractivity contribution in [2.45, 2.75) is 63.8 Å². The molecule has 2 aromatic heterocycles. The molecule has 0 N–H and O–H groups in total. The lowest BCUT2D eigenvalue weighted by atomic mass is 9.49. The number of hydrogen-bond acceptors (Lipinski definition) is 4. The molecule has 24 heavy (non-hydrogen) atoms. The van der Waals surface area contributed by atoms with E-state index < -0.39 is 0 Å². The number of rotatable bonds is 3. The molecule has 4 fully saturated rings. The summed E-state index contributed by atoms with van der Waals surface area (Å²) in [5.41, 5.74) is 1.08. The molecule has 0 aromatic carbocycles. The normalized spacial score (nSPS) is 35.5. The summed E-state index contributed by atoms with van der Waals surface area (Å²) >= 11 is 6.13. The maximum Gasteiger partial charge on any atom is 0.240 e. The van der Waals surface area contributed by atoms with Gasteiger partial charge in [0.2, 0.25) is 11.8 Å². The summed E-state index contributed by atoms with van der Waals surface area (Å²) in [4.78, 5) is 0. The van der Waals surface area contributed by atoms with E-state index in [4.69, 9.17) is 16.0 Å². The predicted molar refractivity (Wildman–Crippen MR) is 89.9 cm³/mol. The molecule has 2 aromatic rings. The lowest BCUT2D eigenvalue weighted by Crippen LogP contribution is -2.48. The van der Waals surface area contributed by atoms with Gasteiger partial charge in [0, 0.05) is 5.41 Å². The zero-order chi connectivity index (χ0) is 16.5. The summed E-state index contributed by atoms with van der Waals surface area (Å²) in [6, 6.07) is -0.0901. The van der Waals surface area contributed by atoms with Gasteiger partial charge in [-0.15, -0.1) is 10.2 Å². The van der Waals surface area contributed by atoms with Gasteiger partial charge in [0.15, 0.2) is 0 Å². The highest BCUT2D eigenvalue weighted by atomic mass is 35.5. The van der Waals surface area contributed by atoms with Crippen LogP contribution in [0.15, 0.2) is 10.6 Å². The van der Waals surface area contributed by atoms with Gasteiger partial charge in [-0.1, -0.05) is 11.6 Å². The largest absolute Gasteiger partial charge is 0.422 e. The maximum atomic E-state index is 6.22. The Morgan fingerprint density at radius 2 is 1.79 bits per heavy atom. The summed E-state index contributed by atoms with van der Waals surface area (Å²) in [7, 11) is 0. The minimum Gasteiger partial charge on any atom is -0.422 e. The Bertz CT molecular complexity index is 745. The van der Waals surface area contributed by atoms with Crippen LogP contribution < -0.4 is 0 Å². The zero-order valence-corrected chi connectivity index (χ0v) is 15.0. The first-order valence-electron chi connectivity index (χ1n) is 9.07. The van der Waals surface area contributed by atoms with Crippen LogP contribution in [0.25, 0.3) is 0 Å². The molecule has 4 saturated carbocycles. The van der Waals surface area contributed by atoms with Gasteiger partial charge in [0.25, 0.3) is 0 Å². The van der Waals surface area contributed by atoms with E-state index in [1.807, 2.05) is 18.5 Å². The molecule has 5 nitrogen and oxygen atoms in total. The molecular formula is C18H23ClN4O. The second-order valence-electron chi connectivity index (χ2n) is 8.34. The second kappa shape index (κ2) is 5.07.